The fraction of sp³-hybridized carbons (Fsp3) is 0.462. The number of hydrogen-bond acceptors (Lipinski definition) is 7. The summed E-state index contributed by atoms with van der Waals surface area (Å²) in [5.41, 5.74) is 0.373. The Bertz CT molecular complexity index is 682. The summed E-state index contributed by atoms with van der Waals surface area (Å²) in [6.07, 6.45) is -3.72. The molecule has 3 rings (SSSR count). The third-order valence-corrected chi connectivity index (χ3v) is 7.81. The number of nitriles is 1. The highest BCUT2D eigenvalue weighted by atomic mass is 32.3. The van der Waals surface area contributed by atoms with E-state index in [1.165, 1.54) is 24.3 Å². The number of fused-ring (bicyclic) bond motifs is 2. The van der Waals surface area contributed by atoms with Gasteiger partial charge in [-0.15, -0.1) is 11.8 Å². The third-order valence-electron chi connectivity index (χ3n) is 3.71. The molecule has 2 aliphatic heterocycles. The molecule has 6 nitrogen and oxygen atoms in total. The van der Waals surface area contributed by atoms with Crippen LogP contribution in [-0.4, -0.2) is 53.4 Å². The van der Waals surface area contributed by atoms with Crippen molar-refractivity contribution in [3.05, 3.63) is 29.8 Å². The molecule has 112 valence electrons. The van der Waals surface area contributed by atoms with E-state index in [4.69, 9.17) is 10.00 Å². The van der Waals surface area contributed by atoms with Gasteiger partial charge in [-0.2, -0.15) is 5.26 Å². The zero-order valence-electron chi connectivity index (χ0n) is 10.8. The van der Waals surface area contributed by atoms with Crippen LogP contribution in [0.3, 0.4) is 0 Å². The van der Waals surface area contributed by atoms with Crippen LogP contribution in [0.15, 0.2) is 29.2 Å². The van der Waals surface area contributed by atoms with Crippen molar-refractivity contribution in [1.82, 2.24) is 0 Å². The summed E-state index contributed by atoms with van der Waals surface area (Å²) in [5.74, 6) is 0.314. The summed E-state index contributed by atoms with van der Waals surface area (Å²) in [6, 6.07) is 7.54. The Hall–Kier alpha value is -1.11. The zero-order chi connectivity index (χ0) is 15.2. The molecule has 2 heterocycles. The summed E-state index contributed by atoms with van der Waals surface area (Å²) in [7, 11) is -3.72. The number of sulfone groups is 1. The Morgan fingerprint density at radius 1 is 1.24 bits per heavy atom. The highest BCUT2D eigenvalue weighted by Crippen LogP contribution is 2.41. The van der Waals surface area contributed by atoms with E-state index in [1.807, 2.05) is 6.07 Å². The SMILES string of the molecule is N#Cc1ccc(S(=O)(=O)[C@H]2SC[C@H]3O[C@@H]2[C@@H](O)[C@@H]3O)cc1. The van der Waals surface area contributed by atoms with Crippen LogP contribution in [0.2, 0.25) is 0 Å². The molecule has 2 fully saturated rings. The number of benzene rings is 1. The molecule has 5 atom stereocenters. The normalized spacial score (nSPS) is 35.4. The standard InChI is InChI=1S/C13H13NO5S2/c14-5-7-1-3-8(4-2-7)21(17,18)13-12-11(16)10(15)9(19-12)6-20-13/h1-4,9-13,15-16H,6H2/t9-,10-,11+,12-,13-/m1/s1. The van der Waals surface area contributed by atoms with Crippen LogP contribution in [0.1, 0.15) is 5.56 Å². The van der Waals surface area contributed by atoms with Gasteiger partial charge in [-0.25, -0.2) is 8.42 Å². The van der Waals surface area contributed by atoms with Gasteiger partial charge in [-0.3, -0.25) is 0 Å². The first-order chi connectivity index (χ1) is 9.95. The quantitative estimate of drug-likeness (QED) is 0.780. The molecule has 2 aliphatic rings. The van der Waals surface area contributed by atoms with Crippen molar-refractivity contribution in [2.24, 2.45) is 0 Å². The summed E-state index contributed by atoms with van der Waals surface area (Å²) < 4.78 is 29.8. The number of hydrogen-bond donors (Lipinski definition) is 2. The molecule has 1 aromatic rings. The number of rotatable bonds is 2. The molecule has 2 N–H and O–H groups in total. The van der Waals surface area contributed by atoms with E-state index in [2.05, 4.69) is 0 Å². The van der Waals surface area contributed by atoms with Crippen LogP contribution in [0.4, 0.5) is 0 Å². The van der Waals surface area contributed by atoms with Crippen molar-refractivity contribution in [1.29, 1.82) is 5.26 Å². The minimum Gasteiger partial charge on any atom is -0.388 e. The second-order valence-corrected chi connectivity index (χ2v) is 8.55. The van der Waals surface area contributed by atoms with Crippen LogP contribution >= 0.6 is 11.8 Å². The topological polar surface area (TPSA) is 108 Å². The lowest BCUT2D eigenvalue weighted by atomic mass is 10.1. The second-order valence-electron chi connectivity index (χ2n) is 5.00. The Morgan fingerprint density at radius 3 is 2.52 bits per heavy atom. The maximum atomic E-state index is 12.7. The van der Waals surface area contributed by atoms with Gasteiger partial charge < -0.3 is 14.9 Å². The summed E-state index contributed by atoms with van der Waals surface area (Å²) in [6.45, 7) is 0. The van der Waals surface area contributed by atoms with Gasteiger partial charge in [0, 0.05) is 5.75 Å². The van der Waals surface area contributed by atoms with Gasteiger partial charge in [0.25, 0.3) is 0 Å². The number of nitrogens with zero attached hydrogens (tertiary/aromatic N) is 1. The molecule has 0 spiro atoms. The number of ether oxygens (including phenoxy) is 1. The molecule has 0 amide bonds. The number of thioether (sulfide) groups is 1. The van der Waals surface area contributed by atoms with Gasteiger partial charge in [0.15, 0.2) is 9.84 Å². The minimum absolute atomic E-state index is 0.0784. The molecule has 0 saturated carbocycles. The second kappa shape index (κ2) is 5.26. The Kier molecular flexibility index (Phi) is 3.71. The van der Waals surface area contributed by atoms with E-state index in [-0.39, 0.29) is 4.90 Å². The van der Waals surface area contributed by atoms with Crippen molar-refractivity contribution < 1.29 is 23.4 Å². The van der Waals surface area contributed by atoms with Gasteiger partial charge in [-0.05, 0) is 24.3 Å². The first-order valence-corrected chi connectivity index (χ1v) is 8.92. The lowest BCUT2D eigenvalue weighted by Gasteiger charge is -2.28. The highest BCUT2D eigenvalue weighted by Gasteiger charge is 2.54. The van der Waals surface area contributed by atoms with Crippen molar-refractivity contribution in [2.75, 3.05) is 5.75 Å². The fourth-order valence-electron chi connectivity index (χ4n) is 2.54. The van der Waals surface area contributed by atoms with Crippen molar-refractivity contribution in [2.45, 2.75) is 33.9 Å². The van der Waals surface area contributed by atoms with Gasteiger partial charge >= 0.3 is 0 Å². The van der Waals surface area contributed by atoms with Crippen LogP contribution < -0.4 is 0 Å². The van der Waals surface area contributed by atoms with Crippen molar-refractivity contribution in [3.8, 4) is 6.07 Å². The maximum absolute atomic E-state index is 12.7. The monoisotopic (exact) mass is 327 g/mol. The predicted molar refractivity (Wildman–Crippen MR) is 75.3 cm³/mol. The van der Waals surface area contributed by atoms with E-state index >= 15 is 0 Å². The minimum atomic E-state index is -3.72. The first kappa shape index (κ1) is 14.8. The summed E-state index contributed by atoms with van der Waals surface area (Å²) in [4.78, 5) is 0.0784. The lowest BCUT2D eigenvalue weighted by molar-refractivity contribution is 0.0217. The molecule has 0 radical (unpaired) electrons. The first-order valence-electron chi connectivity index (χ1n) is 6.32. The Morgan fingerprint density at radius 2 is 1.90 bits per heavy atom. The molecule has 0 aliphatic carbocycles. The maximum Gasteiger partial charge on any atom is 0.193 e. The molecule has 8 heteroatoms. The van der Waals surface area contributed by atoms with E-state index in [1.54, 1.807) is 0 Å². The molecule has 2 saturated heterocycles. The van der Waals surface area contributed by atoms with Crippen molar-refractivity contribution in [3.63, 3.8) is 0 Å². The van der Waals surface area contributed by atoms with Crippen molar-refractivity contribution >= 4 is 21.6 Å². The van der Waals surface area contributed by atoms with Gasteiger partial charge in [0.2, 0.25) is 0 Å². The molecule has 2 bridgehead atoms. The van der Waals surface area contributed by atoms with E-state index in [0.717, 1.165) is 11.8 Å². The largest absolute Gasteiger partial charge is 0.388 e. The number of aliphatic hydroxyl groups excluding tert-OH is 2. The highest BCUT2D eigenvalue weighted by molar-refractivity contribution is 8.13. The molecule has 0 unspecified atom stereocenters. The fourth-order valence-corrected chi connectivity index (χ4v) is 6.26. The average molecular weight is 327 g/mol. The lowest BCUT2D eigenvalue weighted by Crippen LogP contribution is -2.41. The van der Waals surface area contributed by atoms with Crippen LogP contribution in [0.25, 0.3) is 0 Å². The zero-order valence-corrected chi connectivity index (χ0v) is 12.4. The summed E-state index contributed by atoms with van der Waals surface area (Å²) in [5, 5.41) is 28.5. The van der Waals surface area contributed by atoms with E-state index in [0.29, 0.717) is 11.3 Å². The molecule has 21 heavy (non-hydrogen) atoms. The number of aliphatic hydroxyl groups is 2. The van der Waals surface area contributed by atoms with Gasteiger partial charge in [-0.1, -0.05) is 0 Å². The van der Waals surface area contributed by atoms with E-state index in [9.17, 15) is 18.6 Å². The Balaban J connectivity index is 1.93. The summed E-state index contributed by atoms with van der Waals surface area (Å²) >= 11 is 1.16. The Labute approximate surface area is 126 Å². The van der Waals surface area contributed by atoms with E-state index < -0.39 is 38.8 Å². The van der Waals surface area contributed by atoms with Crippen LogP contribution in [0, 0.1) is 11.3 Å². The average Bonchev–Trinajstić information content (AvgIpc) is 2.72. The van der Waals surface area contributed by atoms with Crippen LogP contribution in [0.5, 0.6) is 0 Å². The molecular weight excluding hydrogens is 314 g/mol. The smallest absolute Gasteiger partial charge is 0.193 e. The molecular formula is C13H13NO5S2. The van der Waals surface area contributed by atoms with Crippen LogP contribution in [-0.2, 0) is 14.6 Å². The molecule has 1 aromatic carbocycles. The van der Waals surface area contributed by atoms with Gasteiger partial charge in [0.05, 0.1) is 22.6 Å². The predicted octanol–water partition coefficient (Wildman–Crippen LogP) is -0.106. The molecule has 0 aromatic heterocycles. The third kappa shape index (κ3) is 2.35. The van der Waals surface area contributed by atoms with Gasteiger partial charge in [0.1, 0.15) is 22.9 Å².